The zero-order valence-corrected chi connectivity index (χ0v) is 22.7. The number of pyridine rings is 1. The van der Waals surface area contributed by atoms with Gasteiger partial charge in [-0.25, -0.2) is 9.37 Å². The van der Waals surface area contributed by atoms with Crippen LogP contribution in [0.1, 0.15) is 72.3 Å². The number of allylic oxidation sites excluding steroid dienone is 3. The van der Waals surface area contributed by atoms with Crippen molar-refractivity contribution in [2.75, 3.05) is 6.54 Å². The second-order valence-electron chi connectivity index (χ2n) is 8.30. The molecule has 194 valence electrons. The standard InChI is InChI=1S/C22H23FN2O3.C5H7Cl.C2H6/c1-12-8-13(2)19(14(3)9-12)20-18(26)10-15(21(20)27)6-7-24-22(28)17-5-4-16(23)11-25-17;1-3-5(6)4-2;1-2/h4-5,8-9,11,15,20H,6-7,10H2,1-3H3,(H,24,28);3-4H,1H2,2H3;1-2H3/b;5-4+;. The third-order valence-corrected chi connectivity index (χ3v) is 6.06. The third-order valence-electron chi connectivity index (χ3n) is 5.69. The van der Waals surface area contributed by atoms with Crippen LogP contribution in [0.5, 0.6) is 0 Å². The van der Waals surface area contributed by atoms with E-state index in [1.165, 1.54) is 6.07 Å². The van der Waals surface area contributed by atoms with Crippen molar-refractivity contribution >= 4 is 29.1 Å². The van der Waals surface area contributed by atoms with Gasteiger partial charge in [0.1, 0.15) is 23.2 Å². The van der Waals surface area contributed by atoms with Crippen LogP contribution < -0.4 is 5.32 Å². The Morgan fingerprint density at radius 3 is 2.28 bits per heavy atom. The Morgan fingerprint density at radius 2 is 1.81 bits per heavy atom. The number of nitrogens with zero attached hydrogens (tertiary/aromatic N) is 1. The molecule has 7 heteroatoms. The first-order valence-electron chi connectivity index (χ1n) is 12.1. The van der Waals surface area contributed by atoms with Gasteiger partial charge >= 0.3 is 0 Å². The lowest BCUT2D eigenvalue weighted by Gasteiger charge is -2.16. The molecule has 5 nitrogen and oxygen atoms in total. The van der Waals surface area contributed by atoms with E-state index in [-0.39, 0.29) is 30.2 Å². The minimum absolute atomic E-state index is 0.0587. The summed E-state index contributed by atoms with van der Waals surface area (Å²) in [6, 6.07) is 6.45. The molecular formula is C29H36ClFN2O3. The highest BCUT2D eigenvalue weighted by Gasteiger charge is 2.42. The molecule has 0 aliphatic heterocycles. The predicted molar refractivity (Wildman–Crippen MR) is 144 cm³/mol. The smallest absolute Gasteiger partial charge is 0.269 e. The Morgan fingerprint density at radius 1 is 1.19 bits per heavy atom. The Labute approximate surface area is 218 Å². The second kappa shape index (κ2) is 15.1. The fourth-order valence-corrected chi connectivity index (χ4v) is 4.13. The van der Waals surface area contributed by atoms with Crippen LogP contribution in [-0.2, 0) is 9.59 Å². The Hall–Kier alpha value is -3.12. The quantitative estimate of drug-likeness (QED) is 0.350. The number of carbonyl (C=O) groups excluding carboxylic acids is 3. The third kappa shape index (κ3) is 8.52. The van der Waals surface area contributed by atoms with Crippen molar-refractivity contribution in [3.8, 4) is 0 Å². The number of hydrogen-bond acceptors (Lipinski definition) is 4. The molecule has 0 spiro atoms. The van der Waals surface area contributed by atoms with Crippen molar-refractivity contribution < 1.29 is 18.8 Å². The van der Waals surface area contributed by atoms with Gasteiger partial charge in [-0.1, -0.05) is 61.9 Å². The fourth-order valence-electron chi connectivity index (χ4n) is 4.13. The van der Waals surface area contributed by atoms with Crippen molar-refractivity contribution in [2.24, 2.45) is 5.92 Å². The average molecular weight is 515 g/mol. The number of amides is 1. The molecular weight excluding hydrogens is 479 g/mol. The van der Waals surface area contributed by atoms with Gasteiger partial charge in [-0.15, -0.1) is 0 Å². The molecule has 1 aliphatic carbocycles. The Bertz CT molecular complexity index is 1090. The van der Waals surface area contributed by atoms with Crippen molar-refractivity contribution in [1.29, 1.82) is 0 Å². The number of rotatable bonds is 6. The highest BCUT2D eigenvalue weighted by Crippen LogP contribution is 2.37. The Balaban J connectivity index is 0.000000710. The topological polar surface area (TPSA) is 76.1 Å². The summed E-state index contributed by atoms with van der Waals surface area (Å²) in [5, 5.41) is 3.38. The largest absolute Gasteiger partial charge is 0.351 e. The van der Waals surface area contributed by atoms with Crippen LogP contribution in [0.15, 0.2) is 54.2 Å². The van der Waals surface area contributed by atoms with E-state index in [1.54, 1.807) is 12.2 Å². The maximum absolute atomic E-state index is 12.9. The lowest BCUT2D eigenvalue weighted by atomic mass is 9.86. The molecule has 0 radical (unpaired) electrons. The first-order chi connectivity index (χ1) is 17.1. The summed E-state index contributed by atoms with van der Waals surface area (Å²) in [5.74, 6) is -2.19. The number of aryl methyl sites for hydroxylation is 3. The van der Waals surface area contributed by atoms with E-state index in [0.29, 0.717) is 11.5 Å². The number of Topliss-reactive ketones (excluding diaryl/α,β-unsaturated/α-hetero) is 2. The molecule has 1 saturated carbocycles. The first kappa shape index (κ1) is 30.9. The van der Waals surface area contributed by atoms with Crippen molar-refractivity contribution in [3.63, 3.8) is 0 Å². The summed E-state index contributed by atoms with van der Waals surface area (Å²) in [6.07, 6.45) is 4.94. The van der Waals surface area contributed by atoms with Gasteiger partial charge in [0, 0.05) is 23.9 Å². The molecule has 1 N–H and O–H groups in total. The van der Waals surface area contributed by atoms with Crippen LogP contribution in [0.25, 0.3) is 0 Å². The van der Waals surface area contributed by atoms with Gasteiger partial charge in [-0.3, -0.25) is 14.4 Å². The molecule has 2 atom stereocenters. The summed E-state index contributed by atoms with van der Waals surface area (Å²) in [4.78, 5) is 41.2. The molecule has 1 aliphatic rings. The highest BCUT2D eigenvalue weighted by atomic mass is 35.5. The van der Waals surface area contributed by atoms with Gasteiger partial charge in [0.2, 0.25) is 0 Å². The number of hydrogen-bond donors (Lipinski definition) is 1. The summed E-state index contributed by atoms with van der Waals surface area (Å²) in [5.41, 5.74) is 3.95. The van der Waals surface area contributed by atoms with E-state index in [9.17, 15) is 18.8 Å². The van der Waals surface area contributed by atoms with Crippen LogP contribution in [-0.4, -0.2) is 29.0 Å². The molecule has 1 aromatic carbocycles. The number of carbonyl (C=O) groups is 3. The molecule has 36 heavy (non-hydrogen) atoms. The van der Waals surface area contributed by atoms with E-state index >= 15 is 0 Å². The zero-order valence-electron chi connectivity index (χ0n) is 22.0. The fraction of sp³-hybridized carbons (Fsp3) is 0.379. The molecule has 2 aromatic rings. The summed E-state index contributed by atoms with van der Waals surface area (Å²) in [6.45, 7) is 15.4. The van der Waals surface area contributed by atoms with Crippen LogP contribution in [0.4, 0.5) is 4.39 Å². The van der Waals surface area contributed by atoms with Gasteiger partial charge < -0.3 is 5.32 Å². The molecule has 3 rings (SSSR count). The summed E-state index contributed by atoms with van der Waals surface area (Å²) >= 11 is 5.39. The molecule has 1 aromatic heterocycles. The molecule has 0 bridgehead atoms. The predicted octanol–water partition coefficient (Wildman–Crippen LogP) is 6.55. The van der Waals surface area contributed by atoms with E-state index in [2.05, 4.69) is 16.9 Å². The monoisotopic (exact) mass is 514 g/mol. The van der Waals surface area contributed by atoms with Gasteiger partial charge in [-0.05, 0) is 62.9 Å². The highest BCUT2D eigenvalue weighted by molar-refractivity contribution is 6.31. The molecule has 2 unspecified atom stereocenters. The minimum Gasteiger partial charge on any atom is -0.351 e. The molecule has 0 saturated heterocycles. The number of ketones is 2. The van der Waals surface area contributed by atoms with Gasteiger partial charge in [0.05, 0.1) is 6.20 Å². The summed E-state index contributed by atoms with van der Waals surface area (Å²) in [7, 11) is 0. The zero-order chi connectivity index (χ0) is 27.4. The van der Waals surface area contributed by atoms with E-state index in [1.807, 2.05) is 53.7 Å². The molecule has 1 fully saturated rings. The van der Waals surface area contributed by atoms with Crippen molar-refractivity contribution in [1.82, 2.24) is 10.3 Å². The van der Waals surface area contributed by atoms with Gasteiger partial charge in [0.25, 0.3) is 5.91 Å². The molecule has 1 heterocycles. The van der Waals surface area contributed by atoms with Crippen LogP contribution in [0.3, 0.4) is 0 Å². The van der Waals surface area contributed by atoms with E-state index in [0.717, 1.165) is 34.5 Å². The van der Waals surface area contributed by atoms with E-state index in [4.69, 9.17) is 11.6 Å². The normalized spacial score (nSPS) is 16.9. The van der Waals surface area contributed by atoms with Crippen LogP contribution in [0, 0.1) is 32.5 Å². The minimum atomic E-state index is -0.708. The SMILES string of the molecule is C=C/C(Cl)=C\C.CC.Cc1cc(C)c(C2C(=O)CC(CCNC(=O)c3ccc(F)cn3)C2=O)c(C)c1. The number of aromatic nitrogens is 1. The first-order valence-corrected chi connectivity index (χ1v) is 12.4. The summed E-state index contributed by atoms with van der Waals surface area (Å²) < 4.78 is 12.9. The van der Waals surface area contributed by atoms with Crippen molar-refractivity contribution in [3.05, 3.63) is 88.0 Å². The Kier molecular flexibility index (Phi) is 13.0. The van der Waals surface area contributed by atoms with Crippen molar-refractivity contribution in [2.45, 2.75) is 60.3 Å². The van der Waals surface area contributed by atoms with Crippen LogP contribution >= 0.6 is 11.6 Å². The number of benzene rings is 1. The van der Waals surface area contributed by atoms with Gasteiger partial charge in [-0.2, -0.15) is 0 Å². The number of halogens is 2. The molecule has 1 amide bonds. The maximum Gasteiger partial charge on any atom is 0.269 e. The average Bonchev–Trinajstić information content (AvgIpc) is 3.13. The maximum atomic E-state index is 12.9. The lowest BCUT2D eigenvalue weighted by molar-refractivity contribution is -0.124. The van der Waals surface area contributed by atoms with Gasteiger partial charge in [0.15, 0.2) is 5.78 Å². The van der Waals surface area contributed by atoms with Crippen LogP contribution in [0.2, 0.25) is 0 Å². The second-order valence-corrected chi connectivity index (χ2v) is 8.74. The number of nitrogens with one attached hydrogen (secondary N) is 1. The lowest BCUT2D eigenvalue weighted by Crippen LogP contribution is -2.28. The van der Waals surface area contributed by atoms with E-state index < -0.39 is 23.6 Å².